The predicted molar refractivity (Wildman–Crippen MR) is 101 cm³/mol. The molecule has 0 spiro atoms. The molecule has 0 aliphatic carbocycles. The third kappa shape index (κ3) is 3.53. The second-order valence-electron chi connectivity index (χ2n) is 6.90. The molecule has 0 radical (unpaired) electrons. The van der Waals surface area contributed by atoms with E-state index >= 15 is 0 Å². The molecule has 1 fully saturated rings. The number of aromatic nitrogens is 3. The maximum atomic E-state index is 12.7. The number of carbonyl (C=O) groups is 2. The van der Waals surface area contributed by atoms with Crippen molar-refractivity contribution in [3.8, 4) is 0 Å². The molecule has 0 bridgehead atoms. The number of likely N-dealkylation sites (tertiary alicyclic amines) is 1. The van der Waals surface area contributed by atoms with Crippen molar-refractivity contribution in [2.75, 3.05) is 13.1 Å². The van der Waals surface area contributed by atoms with Crippen LogP contribution in [0.5, 0.6) is 0 Å². The van der Waals surface area contributed by atoms with E-state index in [1.807, 2.05) is 30.0 Å². The number of H-pyrrole nitrogens is 1. The van der Waals surface area contributed by atoms with Gasteiger partial charge in [0.2, 0.25) is 0 Å². The lowest BCUT2D eigenvalue weighted by atomic mass is 10.0. The number of nitrogens with zero attached hydrogens (tertiary/aromatic N) is 3. The average Bonchev–Trinajstić information content (AvgIpc) is 3.12. The molecule has 3 aromatic rings. The molecule has 27 heavy (non-hydrogen) atoms. The number of hydrogen-bond donors (Lipinski definition) is 2. The van der Waals surface area contributed by atoms with Gasteiger partial charge in [0.25, 0.3) is 11.8 Å². The zero-order chi connectivity index (χ0) is 18.8. The number of nitrogens with one attached hydrogen (secondary N) is 2. The van der Waals surface area contributed by atoms with Crippen LogP contribution in [0.3, 0.4) is 0 Å². The summed E-state index contributed by atoms with van der Waals surface area (Å²) in [7, 11) is 0. The Bertz CT molecular complexity index is 974. The number of aromatic amines is 1. The van der Waals surface area contributed by atoms with Gasteiger partial charge in [0, 0.05) is 42.5 Å². The second-order valence-corrected chi connectivity index (χ2v) is 6.90. The highest BCUT2D eigenvalue weighted by Crippen LogP contribution is 2.19. The molecular formula is C20H21N5O2. The van der Waals surface area contributed by atoms with Crippen molar-refractivity contribution >= 4 is 22.7 Å². The van der Waals surface area contributed by atoms with Crippen molar-refractivity contribution in [3.63, 3.8) is 0 Å². The van der Waals surface area contributed by atoms with Gasteiger partial charge in [0.05, 0.1) is 5.52 Å². The van der Waals surface area contributed by atoms with Crippen LogP contribution in [0.25, 0.3) is 10.9 Å². The molecule has 4 rings (SSSR count). The van der Waals surface area contributed by atoms with E-state index in [0.717, 1.165) is 29.3 Å². The Morgan fingerprint density at radius 1 is 1.15 bits per heavy atom. The Morgan fingerprint density at radius 3 is 2.63 bits per heavy atom. The lowest BCUT2D eigenvalue weighted by molar-refractivity contribution is 0.0697. The summed E-state index contributed by atoms with van der Waals surface area (Å²) in [5.74, 6) is -0.165. The van der Waals surface area contributed by atoms with Gasteiger partial charge in [-0.2, -0.15) is 5.10 Å². The first-order chi connectivity index (χ1) is 13.1. The number of aryl methyl sites for hydroxylation is 1. The monoisotopic (exact) mass is 363 g/mol. The fourth-order valence-electron chi connectivity index (χ4n) is 3.46. The highest BCUT2D eigenvalue weighted by molar-refractivity contribution is 6.05. The number of hydrogen-bond acceptors (Lipinski definition) is 4. The molecule has 2 aromatic heterocycles. The molecule has 3 heterocycles. The highest BCUT2D eigenvalue weighted by Gasteiger charge is 2.26. The topological polar surface area (TPSA) is 91.0 Å². The summed E-state index contributed by atoms with van der Waals surface area (Å²) in [6.45, 7) is 3.22. The normalized spacial score (nSPS) is 15.1. The van der Waals surface area contributed by atoms with Gasteiger partial charge < -0.3 is 10.2 Å². The molecule has 1 saturated heterocycles. The third-order valence-electron chi connectivity index (χ3n) is 4.98. The van der Waals surface area contributed by atoms with Crippen molar-refractivity contribution in [2.24, 2.45) is 0 Å². The van der Waals surface area contributed by atoms with Crippen LogP contribution in [0.4, 0.5) is 0 Å². The van der Waals surface area contributed by atoms with Gasteiger partial charge >= 0.3 is 0 Å². The van der Waals surface area contributed by atoms with Crippen molar-refractivity contribution in [1.29, 1.82) is 0 Å². The number of fused-ring (bicyclic) bond motifs is 1. The van der Waals surface area contributed by atoms with Gasteiger partial charge in [0.1, 0.15) is 0 Å². The fourth-order valence-corrected chi connectivity index (χ4v) is 3.46. The summed E-state index contributed by atoms with van der Waals surface area (Å²) < 4.78 is 0. The Morgan fingerprint density at radius 2 is 1.89 bits per heavy atom. The van der Waals surface area contributed by atoms with E-state index in [1.165, 1.54) is 0 Å². The van der Waals surface area contributed by atoms with E-state index in [4.69, 9.17) is 0 Å². The van der Waals surface area contributed by atoms with Gasteiger partial charge in [-0.05, 0) is 44.0 Å². The van der Waals surface area contributed by atoms with E-state index in [-0.39, 0.29) is 17.9 Å². The average molecular weight is 363 g/mol. The van der Waals surface area contributed by atoms with Crippen LogP contribution >= 0.6 is 0 Å². The lowest BCUT2D eigenvalue weighted by Crippen LogP contribution is -2.46. The number of amides is 2. The smallest absolute Gasteiger partial charge is 0.272 e. The fraction of sp³-hybridized carbons (Fsp3) is 0.300. The molecule has 138 valence electrons. The van der Waals surface area contributed by atoms with Crippen molar-refractivity contribution in [2.45, 2.75) is 25.8 Å². The summed E-state index contributed by atoms with van der Waals surface area (Å²) >= 11 is 0. The molecule has 7 nitrogen and oxygen atoms in total. The Kier molecular flexibility index (Phi) is 4.58. The maximum Gasteiger partial charge on any atom is 0.272 e. The number of rotatable bonds is 3. The first-order valence-corrected chi connectivity index (χ1v) is 9.07. The van der Waals surface area contributed by atoms with E-state index in [1.54, 1.807) is 24.5 Å². The Hall–Kier alpha value is -3.22. The molecular weight excluding hydrogens is 342 g/mol. The summed E-state index contributed by atoms with van der Waals surface area (Å²) in [6, 6.07) is 9.36. The van der Waals surface area contributed by atoms with Crippen LogP contribution in [0, 0.1) is 6.92 Å². The SMILES string of the molecule is Cc1ccc2[nH]nc(C(=O)NC3CCN(C(=O)c4ccncc4)CC3)c2c1. The molecule has 0 saturated carbocycles. The Labute approximate surface area is 156 Å². The first-order valence-electron chi connectivity index (χ1n) is 9.07. The van der Waals surface area contributed by atoms with Crippen LogP contribution < -0.4 is 5.32 Å². The van der Waals surface area contributed by atoms with Gasteiger partial charge in [0.15, 0.2) is 5.69 Å². The van der Waals surface area contributed by atoms with Gasteiger partial charge in [-0.15, -0.1) is 0 Å². The van der Waals surface area contributed by atoms with Crippen molar-refractivity contribution in [1.82, 2.24) is 25.4 Å². The summed E-state index contributed by atoms with van der Waals surface area (Å²) in [5.41, 5.74) is 3.00. The molecule has 0 atom stereocenters. The molecule has 2 N–H and O–H groups in total. The molecule has 1 aliphatic rings. The quantitative estimate of drug-likeness (QED) is 0.747. The third-order valence-corrected chi connectivity index (χ3v) is 4.98. The van der Waals surface area contributed by atoms with E-state index in [0.29, 0.717) is 24.3 Å². The first kappa shape index (κ1) is 17.2. The zero-order valence-electron chi connectivity index (χ0n) is 15.1. The van der Waals surface area contributed by atoms with Gasteiger partial charge in [-0.3, -0.25) is 19.7 Å². The van der Waals surface area contributed by atoms with E-state index < -0.39 is 0 Å². The van der Waals surface area contributed by atoms with Crippen LogP contribution in [0.2, 0.25) is 0 Å². The second kappa shape index (κ2) is 7.19. The highest BCUT2D eigenvalue weighted by atomic mass is 16.2. The van der Waals surface area contributed by atoms with Gasteiger partial charge in [-0.25, -0.2) is 0 Å². The van der Waals surface area contributed by atoms with Gasteiger partial charge in [-0.1, -0.05) is 11.6 Å². The van der Waals surface area contributed by atoms with Crippen LogP contribution in [-0.4, -0.2) is 51.0 Å². The molecule has 7 heteroatoms. The summed E-state index contributed by atoms with van der Waals surface area (Å²) in [5, 5.41) is 11.0. The number of pyridine rings is 1. The predicted octanol–water partition coefficient (Wildman–Crippen LogP) is 2.30. The van der Waals surface area contributed by atoms with Crippen molar-refractivity contribution in [3.05, 3.63) is 59.5 Å². The van der Waals surface area contributed by atoms with Crippen molar-refractivity contribution < 1.29 is 9.59 Å². The standard InChI is InChI=1S/C20H21N5O2/c1-13-2-3-17-16(12-13)18(24-23-17)19(26)22-15-6-10-25(11-7-15)20(27)14-4-8-21-9-5-14/h2-5,8-9,12,15H,6-7,10-11H2,1H3,(H,22,26)(H,23,24). The van der Waals surface area contributed by atoms with Crippen LogP contribution in [0.1, 0.15) is 39.3 Å². The minimum atomic E-state index is -0.175. The van der Waals surface area contributed by atoms with Crippen LogP contribution in [-0.2, 0) is 0 Å². The number of piperidine rings is 1. The van der Waals surface area contributed by atoms with Crippen LogP contribution in [0.15, 0.2) is 42.7 Å². The number of benzene rings is 1. The minimum Gasteiger partial charge on any atom is -0.348 e. The number of carbonyl (C=O) groups excluding carboxylic acids is 2. The Balaban J connectivity index is 1.38. The molecule has 0 unspecified atom stereocenters. The molecule has 1 aliphatic heterocycles. The van der Waals surface area contributed by atoms with E-state index in [2.05, 4.69) is 20.5 Å². The largest absolute Gasteiger partial charge is 0.348 e. The summed E-state index contributed by atoms with van der Waals surface area (Å²) in [4.78, 5) is 30.9. The maximum absolute atomic E-state index is 12.7. The molecule has 2 amide bonds. The summed E-state index contributed by atoms with van der Waals surface area (Å²) in [6.07, 6.45) is 4.69. The lowest BCUT2D eigenvalue weighted by Gasteiger charge is -2.32. The minimum absolute atomic E-state index is 0.0101. The van der Waals surface area contributed by atoms with E-state index in [9.17, 15) is 9.59 Å². The zero-order valence-corrected chi connectivity index (χ0v) is 15.1. The molecule has 1 aromatic carbocycles.